The van der Waals surface area contributed by atoms with Gasteiger partial charge in [-0.1, -0.05) is 18.2 Å². The van der Waals surface area contributed by atoms with Gasteiger partial charge in [-0.15, -0.1) is 0 Å². The summed E-state index contributed by atoms with van der Waals surface area (Å²) in [5.41, 5.74) is 1.93. The lowest BCUT2D eigenvalue weighted by atomic mass is 10.2. The summed E-state index contributed by atoms with van der Waals surface area (Å²) < 4.78 is 40.4. The molecule has 0 fully saturated rings. The fourth-order valence-electron chi connectivity index (χ4n) is 2.47. The number of halogens is 1. The molecule has 0 aliphatic heterocycles. The van der Waals surface area contributed by atoms with Crippen molar-refractivity contribution in [3.63, 3.8) is 0 Å². The van der Waals surface area contributed by atoms with Crippen molar-refractivity contribution < 1.29 is 17.6 Å². The van der Waals surface area contributed by atoms with Crippen molar-refractivity contribution in [2.24, 2.45) is 0 Å². The number of carbonyl (C=O) groups is 1. The van der Waals surface area contributed by atoms with Crippen molar-refractivity contribution in [2.75, 3.05) is 18.0 Å². The van der Waals surface area contributed by atoms with E-state index in [0.717, 1.165) is 17.3 Å². The molecule has 0 saturated carbocycles. The lowest BCUT2D eigenvalue weighted by molar-refractivity contribution is -0.116. The van der Waals surface area contributed by atoms with E-state index in [4.69, 9.17) is 0 Å². The molecule has 5 nitrogen and oxygen atoms in total. The molecule has 1 N–H and O–H groups in total. The van der Waals surface area contributed by atoms with Crippen molar-refractivity contribution in [1.29, 1.82) is 0 Å². The van der Waals surface area contributed by atoms with E-state index < -0.39 is 15.8 Å². The molecule has 0 unspecified atom stereocenters. The Kier molecular flexibility index (Phi) is 5.92. The average molecular weight is 364 g/mol. The van der Waals surface area contributed by atoms with Crippen LogP contribution < -0.4 is 9.62 Å². The smallest absolute Gasteiger partial charge is 0.240 e. The topological polar surface area (TPSA) is 66.5 Å². The van der Waals surface area contributed by atoms with Crippen LogP contribution in [0, 0.1) is 19.7 Å². The number of hydrogen-bond acceptors (Lipinski definition) is 3. The second kappa shape index (κ2) is 7.76. The van der Waals surface area contributed by atoms with Gasteiger partial charge in [-0.25, -0.2) is 17.5 Å². The molecule has 0 aliphatic rings. The number of amides is 1. The fourth-order valence-corrected chi connectivity index (χ4v) is 3.58. The van der Waals surface area contributed by atoms with Gasteiger partial charge in [-0.3, -0.25) is 4.79 Å². The molecule has 2 aromatic carbocycles. The SMILES string of the molecule is CC(=O)N(CCNS(=O)(=O)c1ccc(F)c(C)c1)c1ccccc1C. The van der Waals surface area contributed by atoms with E-state index in [9.17, 15) is 17.6 Å². The van der Waals surface area contributed by atoms with Crippen molar-refractivity contribution in [2.45, 2.75) is 25.7 Å². The zero-order valence-electron chi connectivity index (χ0n) is 14.4. The van der Waals surface area contributed by atoms with E-state index in [0.29, 0.717) is 0 Å². The number of nitrogens with one attached hydrogen (secondary N) is 1. The van der Waals surface area contributed by atoms with Gasteiger partial charge < -0.3 is 4.90 Å². The van der Waals surface area contributed by atoms with Gasteiger partial charge in [0.25, 0.3) is 0 Å². The summed E-state index contributed by atoms with van der Waals surface area (Å²) >= 11 is 0. The van der Waals surface area contributed by atoms with E-state index in [1.807, 2.05) is 31.2 Å². The van der Waals surface area contributed by atoms with Gasteiger partial charge in [-0.05, 0) is 49.2 Å². The molecule has 2 aromatic rings. The minimum Gasteiger partial charge on any atom is -0.311 e. The second-order valence-electron chi connectivity index (χ2n) is 5.77. The normalized spacial score (nSPS) is 11.4. The first kappa shape index (κ1) is 19.1. The summed E-state index contributed by atoms with van der Waals surface area (Å²) in [4.78, 5) is 13.4. The van der Waals surface area contributed by atoms with Crippen LogP contribution in [0.25, 0.3) is 0 Å². The molecule has 0 atom stereocenters. The van der Waals surface area contributed by atoms with E-state index in [-0.39, 0.29) is 29.5 Å². The van der Waals surface area contributed by atoms with E-state index in [2.05, 4.69) is 4.72 Å². The van der Waals surface area contributed by atoms with Crippen LogP contribution in [-0.4, -0.2) is 27.4 Å². The first-order valence-corrected chi connectivity index (χ1v) is 9.30. The maximum absolute atomic E-state index is 13.3. The Bertz CT molecular complexity index is 882. The largest absolute Gasteiger partial charge is 0.311 e. The summed E-state index contributed by atoms with van der Waals surface area (Å²) in [7, 11) is -3.77. The first-order valence-electron chi connectivity index (χ1n) is 7.82. The minimum atomic E-state index is -3.77. The Labute approximate surface area is 147 Å². The van der Waals surface area contributed by atoms with Crippen LogP contribution >= 0.6 is 0 Å². The third kappa shape index (κ3) is 4.64. The van der Waals surface area contributed by atoms with Gasteiger partial charge in [0.15, 0.2) is 0 Å². The van der Waals surface area contributed by atoms with Crippen molar-refractivity contribution in [3.8, 4) is 0 Å². The van der Waals surface area contributed by atoms with Crippen LogP contribution in [0.2, 0.25) is 0 Å². The number of nitrogens with zero attached hydrogens (tertiary/aromatic N) is 1. The quantitative estimate of drug-likeness (QED) is 0.857. The van der Waals surface area contributed by atoms with Crippen LogP contribution in [0.1, 0.15) is 18.1 Å². The molecular weight excluding hydrogens is 343 g/mol. The Morgan fingerprint density at radius 3 is 2.40 bits per heavy atom. The predicted molar refractivity (Wildman–Crippen MR) is 95.5 cm³/mol. The second-order valence-corrected chi connectivity index (χ2v) is 7.53. The van der Waals surface area contributed by atoms with Gasteiger partial charge >= 0.3 is 0 Å². The highest BCUT2D eigenvalue weighted by molar-refractivity contribution is 7.89. The molecule has 7 heteroatoms. The first-order chi connectivity index (χ1) is 11.7. The number of benzene rings is 2. The Balaban J connectivity index is 2.10. The Morgan fingerprint density at radius 1 is 1.12 bits per heavy atom. The van der Waals surface area contributed by atoms with Crippen molar-refractivity contribution in [3.05, 3.63) is 59.4 Å². The van der Waals surface area contributed by atoms with Gasteiger partial charge in [0, 0.05) is 25.7 Å². The number of rotatable bonds is 6. The molecule has 0 aromatic heterocycles. The van der Waals surface area contributed by atoms with Gasteiger partial charge in [0.2, 0.25) is 15.9 Å². The van der Waals surface area contributed by atoms with Crippen LogP contribution in [-0.2, 0) is 14.8 Å². The monoisotopic (exact) mass is 364 g/mol. The zero-order chi connectivity index (χ0) is 18.6. The third-order valence-electron chi connectivity index (χ3n) is 3.85. The van der Waals surface area contributed by atoms with Gasteiger partial charge in [0.05, 0.1) is 4.90 Å². The van der Waals surface area contributed by atoms with Crippen LogP contribution in [0.3, 0.4) is 0 Å². The number of para-hydroxylation sites is 1. The van der Waals surface area contributed by atoms with Crippen LogP contribution in [0.4, 0.5) is 10.1 Å². The third-order valence-corrected chi connectivity index (χ3v) is 5.31. The molecule has 1 amide bonds. The number of sulfonamides is 1. The molecule has 0 saturated heterocycles. The van der Waals surface area contributed by atoms with Crippen molar-refractivity contribution in [1.82, 2.24) is 4.72 Å². The maximum Gasteiger partial charge on any atom is 0.240 e. The van der Waals surface area contributed by atoms with Gasteiger partial charge in [-0.2, -0.15) is 0 Å². The summed E-state index contributed by atoms with van der Waals surface area (Å²) in [5.74, 6) is -0.632. The highest BCUT2D eigenvalue weighted by Crippen LogP contribution is 2.19. The summed E-state index contributed by atoms with van der Waals surface area (Å²) in [6, 6.07) is 11.0. The molecular formula is C18H21FN2O3S. The molecule has 134 valence electrons. The molecule has 0 radical (unpaired) electrons. The zero-order valence-corrected chi connectivity index (χ0v) is 15.2. The van der Waals surface area contributed by atoms with Gasteiger partial charge in [0.1, 0.15) is 5.82 Å². The van der Waals surface area contributed by atoms with E-state index >= 15 is 0 Å². The highest BCUT2D eigenvalue weighted by Gasteiger charge is 2.17. The lowest BCUT2D eigenvalue weighted by Gasteiger charge is -2.23. The molecule has 0 spiro atoms. The van der Waals surface area contributed by atoms with Crippen LogP contribution in [0.15, 0.2) is 47.4 Å². The maximum atomic E-state index is 13.3. The lowest BCUT2D eigenvalue weighted by Crippen LogP contribution is -2.37. The van der Waals surface area contributed by atoms with E-state index in [1.165, 1.54) is 30.9 Å². The number of carbonyl (C=O) groups excluding carboxylic acids is 1. The number of aryl methyl sites for hydroxylation is 2. The van der Waals surface area contributed by atoms with Crippen molar-refractivity contribution >= 4 is 21.6 Å². The molecule has 0 aliphatic carbocycles. The number of anilines is 1. The van der Waals surface area contributed by atoms with Crippen LogP contribution in [0.5, 0.6) is 0 Å². The van der Waals surface area contributed by atoms with E-state index in [1.54, 1.807) is 0 Å². The fraction of sp³-hybridized carbons (Fsp3) is 0.278. The molecule has 2 rings (SSSR count). The number of hydrogen-bond donors (Lipinski definition) is 1. The average Bonchev–Trinajstić information content (AvgIpc) is 2.54. The molecule has 25 heavy (non-hydrogen) atoms. The predicted octanol–water partition coefficient (Wildman–Crippen LogP) is 2.77. The molecule has 0 bridgehead atoms. The summed E-state index contributed by atoms with van der Waals surface area (Å²) in [6.45, 7) is 5.07. The highest BCUT2D eigenvalue weighted by atomic mass is 32.2. The minimum absolute atomic E-state index is 0.00309. The Hall–Kier alpha value is -2.25. The summed E-state index contributed by atoms with van der Waals surface area (Å²) in [6.07, 6.45) is 0. The molecule has 0 heterocycles. The Morgan fingerprint density at radius 2 is 1.80 bits per heavy atom. The standard InChI is InChI=1S/C18H21FN2O3S/c1-13-6-4-5-7-18(13)21(15(3)22)11-10-20-25(23,24)16-8-9-17(19)14(2)12-16/h4-9,12,20H,10-11H2,1-3H3. The summed E-state index contributed by atoms with van der Waals surface area (Å²) in [5, 5.41) is 0.